The number of para-hydroxylation sites is 2. The molecule has 41 heavy (non-hydrogen) atoms. The molecule has 0 aliphatic carbocycles. The molecule has 13 heteroatoms. The van der Waals surface area contributed by atoms with Crippen LogP contribution in [0.15, 0.2) is 104 Å². The Morgan fingerprint density at radius 3 is 1.39 bits per heavy atom. The van der Waals surface area contributed by atoms with Gasteiger partial charge in [0, 0.05) is 8.95 Å². The zero-order chi connectivity index (χ0) is 29.1. The predicted octanol–water partition coefficient (Wildman–Crippen LogP) is 3.98. The largest absolute Gasteiger partial charge is 2.00 e. The van der Waals surface area contributed by atoms with Crippen LogP contribution in [0.25, 0.3) is 0 Å². The predicted molar refractivity (Wildman–Crippen MR) is 154 cm³/mol. The van der Waals surface area contributed by atoms with Gasteiger partial charge in [-0.1, -0.05) is 79.8 Å². The van der Waals surface area contributed by atoms with Crippen molar-refractivity contribution in [1.29, 1.82) is 0 Å². The molecule has 0 aliphatic rings. The fourth-order valence-corrected chi connectivity index (χ4v) is 3.77. The molecule has 0 atom stereocenters. The second-order valence-corrected chi connectivity index (χ2v) is 9.63. The Labute approximate surface area is 261 Å². The summed E-state index contributed by atoms with van der Waals surface area (Å²) in [7, 11) is 0. The normalized spacial score (nSPS) is 10.4. The third kappa shape index (κ3) is 10.1. The van der Waals surface area contributed by atoms with Crippen molar-refractivity contribution in [3.63, 3.8) is 0 Å². The topological polar surface area (TPSA) is 169 Å². The van der Waals surface area contributed by atoms with E-state index in [1.807, 2.05) is 0 Å². The molecule has 0 saturated carbocycles. The Balaban J connectivity index is 0.000000280. The van der Waals surface area contributed by atoms with Gasteiger partial charge in [-0.2, -0.15) is 10.2 Å². The Morgan fingerprint density at radius 1 is 0.659 bits per heavy atom. The van der Waals surface area contributed by atoms with Crippen molar-refractivity contribution in [2.75, 3.05) is 0 Å². The second-order valence-electron chi connectivity index (χ2n) is 7.80. The van der Waals surface area contributed by atoms with Gasteiger partial charge in [0.2, 0.25) is 0 Å². The number of phenols is 2. The van der Waals surface area contributed by atoms with Crippen molar-refractivity contribution in [2.24, 2.45) is 10.2 Å². The number of nitrogens with one attached hydrogen (secondary N) is 2. The molecule has 0 aliphatic heterocycles. The fourth-order valence-electron chi connectivity index (χ4n) is 3.01. The molecular formula is C28H20Br2CoN4O6. The van der Waals surface area contributed by atoms with Gasteiger partial charge in [-0.15, -0.1) is 0 Å². The van der Waals surface area contributed by atoms with E-state index >= 15 is 0 Å². The maximum absolute atomic E-state index is 11.7. The average Bonchev–Trinajstić information content (AvgIpc) is 2.93. The third-order valence-corrected chi connectivity index (χ3v) is 5.97. The van der Waals surface area contributed by atoms with Crippen LogP contribution in [0.5, 0.6) is 23.0 Å². The molecule has 0 heterocycles. The number of nitrogens with zero attached hydrogens (tertiary/aromatic N) is 2. The van der Waals surface area contributed by atoms with E-state index in [4.69, 9.17) is 0 Å². The number of carbonyl (C=O) groups excluding carboxylic acids is 2. The van der Waals surface area contributed by atoms with Crippen molar-refractivity contribution >= 4 is 56.1 Å². The van der Waals surface area contributed by atoms with Crippen LogP contribution in [0.2, 0.25) is 0 Å². The van der Waals surface area contributed by atoms with Crippen LogP contribution in [0.4, 0.5) is 0 Å². The molecule has 0 unspecified atom stereocenters. The summed E-state index contributed by atoms with van der Waals surface area (Å²) in [4.78, 5) is 23.5. The van der Waals surface area contributed by atoms with Gasteiger partial charge in [-0.05, 0) is 59.7 Å². The van der Waals surface area contributed by atoms with Gasteiger partial charge in [0.05, 0.1) is 23.6 Å². The van der Waals surface area contributed by atoms with E-state index in [2.05, 4.69) is 52.9 Å². The second kappa shape index (κ2) is 16.2. The summed E-state index contributed by atoms with van der Waals surface area (Å²) in [5.41, 5.74) is 5.42. The zero-order valence-electron chi connectivity index (χ0n) is 20.7. The molecule has 2 amide bonds. The number of aromatic hydroxyl groups is 2. The fraction of sp³-hybridized carbons (Fsp3) is 0. The van der Waals surface area contributed by atoms with E-state index in [0.717, 1.165) is 8.95 Å². The van der Waals surface area contributed by atoms with Gasteiger partial charge in [0.25, 0.3) is 11.8 Å². The summed E-state index contributed by atoms with van der Waals surface area (Å²) < 4.78 is 1.48. The maximum Gasteiger partial charge on any atom is 2.00 e. The monoisotopic (exact) mass is 725 g/mol. The smallest absolute Gasteiger partial charge is 0.872 e. The first-order chi connectivity index (χ1) is 19.2. The number of hydrazone groups is 2. The molecular weight excluding hydrogens is 707 g/mol. The number of halogens is 2. The van der Waals surface area contributed by atoms with E-state index in [1.54, 1.807) is 48.5 Å². The number of hydrogen-bond acceptors (Lipinski definition) is 8. The summed E-state index contributed by atoms with van der Waals surface area (Å²) in [6.07, 6.45) is 2.51. The molecule has 0 aromatic heterocycles. The van der Waals surface area contributed by atoms with E-state index in [9.17, 15) is 30.0 Å². The number of benzene rings is 4. The summed E-state index contributed by atoms with van der Waals surface area (Å²) in [6.45, 7) is 0. The number of amides is 2. The van der Waals surface area contributed by atoms with E-state index in [-0.39, 0.29) is 50.9 Å². The minimum Gasteiger partial charge on any atom is -0.872 e. The summed E-state index contributed by atoms with van der Waals surface area (Å²) >= 11 is 6.48. The van der Waals surface area contributed by atoms with Crippen molar-refractivity contribution in [1.82, 2.24) is 10.9 Å². The van der Waals surface area contributed by atoms with E-state index in [0.29, 0.717) is 11.1 Å². The van der Waals surface area contributed by atoms with Crippen molar-refractivity contribution in [3.05, 3.63) is 116 Å². The first kappa shape index (κ1) is 33.0. The molecule has 10 nitrogen and oxygen atoms in total. The Bertz CT molecular complexity index is 1470. The summed E-state index contributed by atoms with van der Waals surface area (Å²) in [5.74, 6) is -1.77. The van der Waals surface area contributed by atoms with Crippen LogP contribution >= 0.6 is 31.9 Å². The number of hydrogen-bond donors (Lipinski definition) is 4. The van der Waals surface area contributed by atoms with Crippen LogP contribution in [-0.2, 0) is 16.8 Å². The summed E-state index contributed by atoms with van der Waals surface area (Å²) in [5, 5.41) is 49.4. The van der Waals surface area contributed by atoms with Gasteiger partial charge in [-0.3, -0.25) is 9.59 Å². The van der Waals surface area contributed by atoms with Crippen molar-refractivity contribution < 1.29 is 46.8 Å². The van der Waals surface area contributed by atoms with Gasteiger partial charge < -0.3 is 20.4 Å². The SMILES string of the molecule is O=C(N/N=C\c1cc(Br)ccc1[O-])c1ccccc1O.O=C(NN=Cc1cc(Br)ccc1[O-])c1ccccc1O.[Co+2]. The first-order valence-corrected chi connectivity index (χ1v) is 12.9. The molecule has 4 aromatic carbocycles. The van der Waals surface area contributed by atoms with Gasteiger partial charge >= 0.3 is 16.8 Å². The van der Waals surface area contributed by atoms with Crippen LogP contribution in [0, 0.1) is 0 Å². The quantitative estimate of drug-likeness (QED) is 0.173. The van der Waals surface area contributed by atoms with Crippen LogP contribution in [0.3, 0.4) is 0 Å². The third-order valence-electron chi connectivity index (χ3n) is 4.98. The first-order valence-electron chi connectivity index (χ1n) is 11.3. The molecule has 1 radical (unpaired) electrons. The molecule has 4 aromatic rings. The van der Waals surface area contributed by atoms with Gasteiger partial charge in [0.1, 0.15) is 11.5 Å². The zero-order valence-corrected chi connectivity index (χ0v) is 25.0. The molecule has 0 fully saturated rings. The van der Waals surface area contributed by atoms with Crippen LogP contribution in [0.1, 0.15) is 31.8 Å². The molecule has 0 spiro atoms. The van der Waals surface area contributed by atoms with Crippen LogP contribution in [-0.4, -0.2) is 34.5 Å². The molecule has 0 bridgehead atoms. The molecule has 0 saturated heterocycles. The van der Waals surface area contributed by atoms with Gasteiger partial charge in [0.15, 0.2) is 0 Å². The van der Waals surface area contributed by atoms with Crippen molar-refractivity contribution in [2.45, 2.75) is 0 Å². The van der Waals surface area contributed by atoms with E-state index in [1.165, 1.54) is 48.8 Å². The summed E-state index contributed by atoms with van der Waals surface area (Å²) in [6, 6.07) is 21.5. The van der Waals surface area contributed by atoms with Gasteiger partial charge in [-0.25, -0.2) is 10.9 Å². The average molecular weight is 727 g/mol. The van der Waals surface area contributed by atoms with Crippen LogP contribution < -0.4 is 21.1 Å². The minimum atomic E-state index is -0.554. The Hall–Kier alpha value is -4.17. The molecule has 4 rings (SSSR count). The number of carbonyl (C=O) groups is 2. The number of rotatable bonds is 6. The molecule has 4 N–H and O–H groups in total. The van der Waals surface area contributed by atoms with E-state index < -0.39 is 11.8 Å². The Morgan fingerprint density at radius 2 is 1.02 bits per heavy atom. The number of phenolic OH excluding ortho intramolecular Hbond substituents is 2. The standard InChI is InChI=1S/2C14H11BrN2O3.Co/c2*15-10-5-6-12(18)9(7-10)8-16-17-14(20)11-3-1-2-4-13(11)19;/h2*1-8,18-19H,(H,17,20);/q;;+2/p-2/b16-8-;;. The van der Waals surface area contributed by atoms with Crippen molar-refractivity contribution in [3.8, 4) is 23.0 Å². The minimum absolute atomic E-state index is 0. The molecule has 211 valence electrons. The Kier molecular flexibility index (Phi) is 13.0. The maximum atomic E-state index is 11.7.